The zero-order valence-electron chi connectivity index (χ0n) is 12.6. The van der Waals surface area contributed by atoms with Crippen molar-refractivity contribution in [2.24, 2.45) is 0 Å². The van der Waals surface area contributed by atoms with E-state index in [0.29, 0.717) is 6.61 Å². The lowest BCUT2D eigenvalue weighted by Gasteiger charge is -2.07. The first-order chi connectivity index (χ1) is 10.0. The first kappa shape index (κ1) is 16.8. The smallest absolute Gasteiger partial charge is 0.331 e. The Morgan fingerprint density at radius 2 is 1.90 bits per heavy atom. The number of carbonyl (C=O) groups is 2. The Morgan fingerprint density at radius 1 is 1.24 bits per heavy atom. The zero-order chi connectivity index (χ0) is 15.7. The van der Waals surface area contributed by atoms with Crippen molar-refractivity contribution in [2.75, 3.05) is 13.2 Å². The van der Waals surface area contributed by atoms with Crippen LogP contribution >= 0.6 is 0 Å². The molecule has 0 heterocycles. The minimum atomic E-state index is -0.553. The maximum Gasteiger partial charge on any atom is 0.331 e. The highest BCUT2D eigenvalue weighted by molar-refractivity contribution is 5.89. The molecule has 0 aliphatic carbocycles. The zero-order valence-corrected chi connectivity index (χ0v) is 12.6. The predicted molar refractivity (Wildman–Crippen MR) is 80.9 cm³/mol. The Hall–Kier alpha value is -2.30. The average molecular weight is 291 g/mol. The van der Waals surface area contributed by atoms with E-state index in [1.54, 1.807) is 6.08 Å². The number of carbonyl (C=O) groups excluding carboxylic acids is 2. The lowest BCUT2D eigenvalue weighted by atomic mass is 10.2. The third kappa shape index (κ3) is 7.15. The van der Waals surface area contributed by atoms with Gasteiger partial charge in [-0.15, -0.1) is 0 Å². The molecule has 0 saturated carbocycles. The number of rotatable bonds is 7. The van der Waals surface area contributed by atoms with Crippen molar-refractivity contribution in [2.45, 2.75) is 26.8 Å². The molecule has 21 heavy (non-hydrogen) atoms. The van der Waals surface area contributed by atoms with Gasteiger partial charge in [-0.25, -0.2) is 4.79 Å². The van der Waals surface area contributed by atoms with Crippen LogP contribution in [0.1, 0.15) is 26.3 Å². The fraction of sp³-hybridized carbons (Fsp3) is 0.375. The summed E-state index contributed by atoms with van der Waals surface area (Å²) in [6, 6.07) is 7.34. The molecule has 114 valence electrons. The second kappa shape index (κ2) is 8.79. The minimum Gasteiger partial charge on any atom is -0.494 e. The van der Waals surface area contributed by atoms with Gasteiger partial charge in [-0.2, -0.15) is 0 Å². The van der Waals surface area contributed by atoms with Crippen LogP contribution in [-0.2, 0) is 14.3 Å². The van der Waals surface area contributed by atoms with Crippen molar-refractivity contribution in [3.05, 3.63) is 35.9 Å². The van der Waals surface area contributed by atoms with Crippen molar-refractivity contribution >= 4 is 18.0 Å². The number of ether oxygens (including phenoxy) is 2. The van der Waals surface area contributed by atoms with Gasteiger partial charge in [0, 0.05) is 12.1 Å². The van der Waals surface area contributed by atoms with Crippen LogP contribution in [0.2, 0.25) is 0 Å². The van der Waals surface area contributed by atoms with Crippen LogP contribution in [0.25, 0.3) is 6.08 Å². The maximum absolute atomic E-state index is 11.5. The Kier molecular flexibility index (Phi) is 7.01. The fourth-order valence-electron chi connectivity index (χ4n) is 1.55. The average Bonchev–Trinajstić information content (AvgIpc) is 2.44. The highest BCUT2D eigenvalue weighted by Crippen LogP contribution is 2.12. The Balaban J connectivity index is 2.41. The number of esters is 1. The van der Waals surface area contributed by atoms with Crippen LogP contribution in [0.3, 0.4) is 0 Å². The van der Waals surface area contributed by atoms with E-state index in [1.807, 2.05) is 45.0 Å². The molecule has 1 amide bonds. The number of nitrogens with one attached hydrogen (secondary N) is 1. The molecule has 0 saturated heterocycles. The summed E-state index contributed by atoms with van der Waals surface area (Å²) in [5.74, 6) is -0.0850. The summed E-state index contributed by atoms with van der Waals surface area (Å²) in [5.41, 5.74) is 0.849. The van der Waals surface area contributed by atoms with Gasteiger partial charge in [-0.3, -0.25) is 4.79 Å². The quantitative estimate of drug-likeness (QED) is 0.617. The molecule has 0 radical (unpaired) electrons. The molecule has 1 N–H and O–H groups in total. The SMILES string of the molecule is CCOc1ccc(/C=C/C(=O)OCC(=O)NC(C)C)cc1. The van der Waals surface area contributed by atoms with Crippen molar-refractivity contribution < 1.29 is 19.1 Å². The fourth-order valence-corrected chi connectivity index (χ4v) is 1.55. The van der Waals surface area contributed by atoms with Crippen LogP contribution in [0.4, 0.5) is 0 Å². The molecule has 0 fully saturated rings. The lowest BCUT2D eigenvalue weighted by molar-refractivity contribution is -0.143. The largest absolute Gasteiger partial charge is 0.494 e. The molecular formula is C16H21NO4. The molecule has 0 atom stereocenters. The molecule has 1 aromatic rings. The molecule has 1 aromatic carbocycles. The second-order valence-electron chi connectivity index (χ2n) is 4.67. The summed E-state index contributed by atoms with van der Waals surface area (Å²) in [5, 5.41) is 2.64. The summed E-state index contributed by atoms with van der Waals surface area (Å²) >= 11 is 0. The maximum atomic E-state index is 11.5. The van der Waals surface area contributed by atoms with Crippen molar-refractivity contribution in [1.82, 2.24) is 5.32 Å². The molecule has 0 aromatic heterocycles. The van der Waals surface area contributed by atoms with Crippen LogP contribution in [0, 0.1) is 0 Å². The Bertz CT molecular complexity index is 492. The predicted octanol–water partition coefficient (Wildman–Crippen LogP) is 2.17. The standard InChI is InChI=1S/C16H21NO4/c1-4-20-14-8-5-13(6-9-14)7-10-16(19)21-11-15(18)17-12(2)3/h5-10,12H,4,11H2,1-3H3,(H,17,18)/b10-7+. The Morgan fingerprint density at radius 3 is 2.48 bits per heavy atom. The summed E-state index contributed by atoms with van der Waals surface area (Å²) in [6.45, 7) is 5.93. The van der Waals surface area contributed by atoms with Gasteiger partial charge in [0.2, 0.25) is 0 Å². The summed E-state index contributed by atoms with van der Waals surface area (Å²) in [7, 11) is 0. The Labute approximate surface area is 124 Å². The lowest BCUT2D eigenvalue weighted by Crippen LogP contribution is -2.33. The van der Waals surface area contributed by atoms with Crippen molar-refractivity contribution in [3.8, 4) is 5.75 Å². The van der Waals surface area contributed by atoms with Gasteiger partial charge in [0.25, 0.3) is 5.91 Å². The number of hydrogen-bond donors (Lipinski definition) is 1. The molecule has 0 spiro atoms. The highest BCUT2D eigenvalue weighted by atomic mass is 16.5. The molecule has 0 bridgehead atoms. The summed E-state index contributed by atoms with van der Waals surface area (Å²) in [4.78, 5) is 22.8. The van der Waals surface area contributed by atoms with Crippen LogP contribution in [0.15, 0.2) is 30.3 Å². The minimum absolute atomic E-state index is 0.0237. The van der Waals surface area contributed by atoms with Crippen LogP contribution in [0.5, 0.6) is 5.75 Å². The van der Waals surface area contributed by atoms with E-state index in [4.69, 9.17) is 9.47 Å². The van der Waals surface area contributed by atoms with E-state index in [-0.39, 0.29) is 18.6 Å². The number of amides is 1. The third-order valence-corrected chi connectivity index (χ3v) is 2.40. The van der Waals surface area contributed by atoms with Crippen LogP contribution < -0.4 is 10.1 Å². The van der Waals surface area contributed by atoms with Crippen molar-refractivity contribution in [1.29, 1.82) is 0 Å². The van der Waals surface area contributed by atoms with Crippen LogP contribution in [-0.4, -0.2) is 31.1 Å². The van der Waals surface area contributed by atoms with E-state index in [9.17, 15) is 9.59 Å². The highest BCUT2D eigenvalue weighted by Gasteiger charge is 2.05. The first-order valence-electron chi connectivity index (χ1n) is 6.88. The van der Waals surface area contributed by atoms with Gasteiger partial charge < -0.3 is 14.8 Å². The van der Waals surface area contributed by atoms with E-state index in [0.717, 1.165) is 11.3 Å². The molecule has 5 heteroatoms. The second-order valence-corrected chi connectivity index (χ2v) is 4.67. The monoisotopic (exact) mass is 291 g/mol. The van der Waals surface area contributed by atoms with Crippen molar-refractivity contribution in [3.63, 3.8) is 0 Å². The van der Waals surface area contributed by atoms with E-state index < -0.39 is 5.97 Å². The number of hydrogen-bond acceptors (Lipinski definition) is 4. The molecule has 0 aliphatic rings. The van der Waals surface area contributed by atoms with Gasteiger partial charge in [0.15, 0.2) is 6.61 Å². The molecule has 0 unspecified atom stereocenters. The van der Waals surface area contributed by atoms with E-state index >= 15 is 0 Å². The van der Waals surface area contributed by atoms with Gasteiger partial charge in [0.1, 0.15) is 5.75 Å². The first-order valence-corrected chi connectivity index (χ1v) is 6.88. The van der Waals surface area contributed by atoms with E-state index in [1.165, 1.54) is 6.08 Å². The van der Waals surface area contributed by atoms with E-state index in [2.05, 4.69) is 5.32 Å². The van der Waals surface area contributed by atoms with Gasteiger partial charge >= 0.3 is 5.97 Å². The topological polar surface area (TPSA) is 64.6 Å². The molecule has 5 nitrogen and oxygen atoms in total. The summed E-state index contributed by atoms with van der Waals surface area (Å²) in [6.07, 6.45) is 2.91. The molecular weight excluding hydrogens is 270 g/mol. The normalized spacial score (nSPS) is 10.7. The third-order valence-electron chi connectivity index (χ3n) is 2.40. The van der Waals surface area contributed by atoms with Gasteiger partial charge in [-0.05, 0) is 44.5 Å². The molecule has 1 rings (SSSR count). The van der Waals surface area contributed by atoms with Gasteiger partial charge in [-0.1, -0.05) is 12.1 Å². The summed E-state index contributed by atoms with van der Waals surface area (Å²) < 4.78 is 10.1. The van der Waals surface area contributed by atoms with Gasteiger partial charge in [0.05, 0.1) is 6.61 Å². The number of benzene rings is 1. The molecule has 0 aliphatic heterocycles.